The Morgan fingerprint density at radius 2 is 1.89 bits per heavy atom. The van der Waals surface area contributed by atoms with E-state index in [2.05, 4.69) is 56.0 Å². The van der Waals surface area contributed by atoms with Crippen LogP contribution in [0.3, 0.4) is 0 Å². The minimum Gasteiger partial charge on any atom is -0.342 e. The predicted octanol–water partition coefficient (Wildman–Crippen LogP) is 4.33. The van der Waals surface area contributed by atoms with Gasteiger partial charge >= 0.3 is 0 Å². The molecule has 2 nitrogen and oxygen atoms in total. The quantitative estimate of drug-likeness (QED) is 0.810. The van der Waals surface area contributed by atoms with Gasteiger partial charge in [-0.2, -0.15) is 5.26 Å². The van der Waals surface area contributed by atoms with Crippen molar-refractivity contribution < 1.29 is 0 Å². The van der Waals surface area contributed by atoms with Gasteiger partial charge in [0.15, 0.2) is 0 Å². The van der Waals surface area contributed by atoms with Crippen LogP contribution in [-0.4, -0.2) is 6.54 Å². The Balaban J connectivity index is 2.46. The van der Waals surface area contributed by atoms with Crippen molar-refractivity contribution in [1.82, 2.24) is 0 Å². The first-order chi connectivity index (χ1) is 9.15. The number of benzene rings is 2. The van der Waals surface area contributed by atoms with Gasteiger partial charge in [0.05, 0.1) is 11.6 Å². The highest BCUT2D eigenvalue weighted by Crippen LogP contribution is 2.29. The average Bonchev–Trinajstić information content (AvgIpc) is 2.41. The number of nitrogens with zero attached hydrogens (tertiary/aromatic N) is 2. The molecular weight excluding hydrogens is 232 g/mol. The number of rotatable bonds is 3. The molecule has 0 spiro atoms. The molecule has 0 aliphatic heterocycles. The van der Waals surface area contributed by atoms with Crippen molar-refractivity contribution in [2.75, 3.05) is 11.4 Å². The summed E-state index contributed by atoms with van der Waals surface area (Å²) < 4.78 is 0. The molecule has 19 heavy (non-hydrogen) atoms. The van der Waals surface area contributed by atoms with E-state index in [1.807, 2.05) is 18.2 Å². The Morgan fingerprint density at radius 1 is 1.11 bits per heavy atom. The zero-order valence-electron chi connectivity index (χ0n) is 11.6. The molecule has 0 saturated carbocycles. The second-order valence-electron chi connectivity index (χ2n) is 4.70. The maximum atomic E-state index is 8.94. The molecule has 0 heterocycles. The largest absolute Gasteiger partial charge is 0.342 e. The van der Waals surface area contributed by atoms with E-state index in [0.29, 0.717) is 5.56 Å². The van der Waals surface area contributed by atoms with Gasteiger partial charge in [-0.25, -0.2) is 0 Å². The predicted molar refractivity (Wildman–Crippen MR) is 79.8 cm³/mol. The first kappa shape index (κ1) is 13.2. The summed E-state index contributed by atoms with van der Waals surface area (Å²) in [5.74, 6) is 0. The summed E-state index contributed by atoms with van der Waals surface area (Å²) in [4.78, 5) is 2.27. The fraction of sp³-hybridized carbons (Fsp3) is 0.235. The van der Waals surface area contributed by atoms with Crippen LogP contribution in [0.2, 0.25) is 0 Å². The van der Waals surface area contributed by atoms with Gasteiger partial charge in [0, 0.05) is 17.9 Å². The molecule has 0 bridgehead atoms. The summed E-state index contributed by atoms with van der Waals surface area (Å²) in [6, 6.07) is 16.5. The van der Waals surface area contributed by atoms with Gasteiger partial charge in [-0.05, 0) is 62.2 Å². The summed E-state index contributed by atoms with van der Waals surface area (Å²) in [5, 5.41) is 8.94. The first-order valence-corrected chi connectivity index (χ1v) is 6.50. The molecule has 0 aliphatic rings. The second kappa shape index (κ2) is 5.58. The molecule has 0 radical (unpaired) electrons. The van der Waals surface area contributed by atoms with E-state index in [1.165, 1.54) is 11.3 Å². The summed E-state index contributed by atoms with van der Waals surface area (Å²) >= 11 is 0. The van der Waals surface area contributed by atoms with E-state index in [4.69, 9.17) is 5.26 Å². The van der Waals surface area contributed by atoms with Crippen molar-refractivity contribution in [2.45, 2.75) is 20.8 Å². The summed E-state index contributed by atoms with van der Waals surface area (Å²) in [7, 11) is 0. The third kappa shape index (κ3) is 2.77. The molecule has 2 heteroatoms. The van der Waals surface area contributed by atoms with Crippen LogP contribution < -0.4 is 4.90 Å². The van der Waals surface area contributed by atoms with Gasteiger partial charge < -0.3 is 4.90 Å². The number of hydrogen-bond donors (Lipinski definition) is 0. The Kier molecular flexibility index (Phi) is 3.87. The monoisotopic (exact) mass is 250 g/mol. The molecule has 2 aromatic rings. The molecule has 0 unspecified atom stereocenters. The third-order valence-corrected chi connectivity index (χ3v) is 3.25. The molecule has 2 rings (SSSR count). The van der Waals surface area contributed by atoms with Crippen LogP contribution in [0, 0.1) is 25.2 Å². The van der Waals surface area contributed by atoms with Crippen molar-refractivity contribution in [2.24, 2.45) is 0 Å². The highest BCUT2D eigenvalue weighted by molar-refractivity contribution is 5.67. The summed E-state index contributed by atoms with van der Waals surface area (Å²) in [6.07, 6.45) is 0. The Bertz CT molecular complexity index is 623. The van der Waals surface area contributed by atoms with Crippen molar-refractivity contribution in [3.63, 3.8) is 0 Å². The summed E-state index contributed by atoms with van der Waals surface area (Å²) in [5.41, 5.74) is 5.44. The molecule has 0 amide bonds. The molecule has 0 saturated heterocycles. The van der Waals surface area contributed by atoms with Crippen LogP contribution >= 0.6 is 0 Å². The fourth-order valence-corrected chi connectivity index (χ4v) is 2.32. The Hall–Kier alpha value is -2.27. The number of hydrogen-bond acceptors (Lipinski definition) is 2. The molecule has 2 aromatic carbocycles. The lowest BCUT2D eigenvalue weighted by molar-refractivity contribution is 1.01. The van der Waals surface area contributed by atoms with Crippen LogP contribution in [0.5, 0.6) is 0 Å². The van der Waals surface area contributed by atoms with Crippen LogP contribution in [-0.2, 0) is 0 Å². The maximum Gasteiger partial charge on any atom is 0.0991 e. The van der Waals surface area contributed by atoms with Gasteiger partial charge in [-0.1, -0.05) is 12.1 Å². The van der Waals surface area contributed by atoms with Crippen LogP contribution in [0.25, 0.3) is 0 Å². The molecule has 96 valence electrons. The molecule has 0 aliphatic carbocycles. The van der Waals surface area contributed by atoms with Crippen molar-refractivity contribution in [1.29, 1.82) is 5.26 Å². The van der Waals surface area contributed by atoms with E-state index in [0.717, 1.165) is 17.8 Å². The highest BCUT2D eigenvalue weighted by atomic mass is 15.1. The van der Waals surface area contributed by atoms with Gasteiger partial charge in [-0.15, -0.1) is 0 Å². The van der Waals surface area contributed by atoms with E-state index >= 15 is 0 Å². The van der Waals surface area contributed by atoms with Crippen molar-refractivity contribution >= 4 is 11.4 Å². The summed E-state index contributed by atoms with van der Waals surface area (Å²) in [6.45, 7) is 7.19. The zero-order chi connectivity index (χ0) is 13.8. The lowest BCUT2D eigenvalue weighted by Gasteiger charge is -2.25. The van der Waals surface area contributed by atoms with Crippen LogP contribution in [0.1, 0.15) is 23.6 Å². The SMILES string of the molecule is CCN(c1cccc(C)c1)c1ccc(C#N)cc1C. The van der Waals surface area contributed by atoms with Crippen LogP contribution in [0.15, 0.2) is 42.5 Å². The number of anilines is 2. The topological polar surface area (TPSA) is 27.0 Å². The van der Waals surface area contributed by atoms with E-state index in [9.17, 15) is 0 Å². The highest BCUT2D eigenvalue weighted by Gasteiger charge is 2.10. The van der Waals surface area contributed by atoms with Crippen molar-refractivity contribution in [3.8, 4) is 6.07 Å². The minimum absolute atomic E-state index is 0.710. The average molecular weight is 250 g/mol. The van der Waals surface area contributed by atoms with Gasteiger partial charge in [0.2, 0.25) is 0 Å². The molecule has 0 fully saturated rings. The lowest BCUT2D eigenvalue weighted by atomic mass is 10.1. The Labute approximate surface area is 114 Å². The normalized spacial score (nSPS) is 10.0. The first-order valence-electron chi connectivity index (χ1n) is 6.50. The van der Waals surface area contributed by atoms with E-state index in [1.54, 1.807) is 0 Å². The minimum atomic E-state index is 0.710. The lowest BCUT2D eigenvalue weighted by Crippen LogP contribution is -2.17. The molecular formula is C17H18N2. The van der Waals surface area contributed by atoms with Crippen LogP contribution in [0.4, 0.5) is 11.4 Å². The number of nitriles is 1. The van der Waals surface area contributed by atoms with Gasteiger partial charge in [0.25, 0.3) is 0 Å². The molecule has 0 aromatic heterocycles. The van der Waals surface area contributed by atoms with E-state index in [-0.39, 0.29) is 0 Å². The van der Waals surface area contributed by atoms with Gasteiger partial charge in [0.1, 0.15) is 0 Å². The smallest absolute Gasteiger partial charge is 0.0991 e. The fourth-order valence-electron chi connectivity index (χ4n) is 2.32. The second-order valence-corrected chi connectivity index (χ2v) is 4.70. The Morgan fingerprint density at radius 3 is 2.47 bits per heavy atom. The van der Waals surface area contributed by atoms with Crippen molar-refractivity contribution in [3.05, 3.63) is 59.2 Å². The molecule has 0 atom stereocenters. The van der Waals surface area contributed by atoms with Gasteiger partial charge in [-0.3, -0.25) is 0 Å². The van der Waals surface area contributed by atoms with E-state index < -0.39 is 0 Å². The molecule has 0 N–H and O–H groups in total. The zero-order valence-corrected chi connectivity index (χ0v) is 11.6. The third-order valence-electron chi connectivity index (χ3n) is 3.25. The number of aryl methyl sites for hydroxylation is 2. The standard InChI is InChI=1S/C17H18N2/c1-4-19(16-7-5-6-13(2)10-16)17-9-8-15(12-18)11-14(17)3/h5-11H,4H2,1-3H3. The maximum absolute atomic E-state index is 8.94.